The normalized spacial score (nSPS) is 21.6. The van der Waals surface area contributed by atoms with E-state index in [4.69, 9.17) is 21.6 Å². The fourth-order valence-corrected chi connectivity index (χ4v) is 3.40. The van der Waals surface area contributed by atoms with Gasteiger partial charge in [0.15, 0.2) is 0 Å². The Labute approximate surface area is 145 Å². The Morgan fingerprint density at radius 2 is 2.08 bits per heavy atom. The molecule has 0 radical (unpaired) electrons. The maximum Gasteiger partial charge on any atom is 0.253 e. The van der Waals surface area contributed by atoms with Gasteiger partial charge in [-0.1, -0.05) is 11.6 Å². The molecule has 0 aromatic heterocycles. The zero-order valence-electron chi connectivity index (χ0n) is 13.1. The molecule has 24 heavy (non-hydrogen) atoms. The van der Waals surface area contributed by atoms with E-state index in [-0.39, 0.29) is 22.5 Å². The van der Waals surface area contributed by atoms with Crippen LogP contribution in [-0.4, -0.2) is 48.6 Å². The molecule has 1 aromatic carbocycles. The van der Waals surface area contributed by atoms with Crippen molar-refractivity contribution in [2.24, 2.45) is 0 Å². The van der Waals surface area contributed by atoms with Gasteiger partial charge in [-0.05, 0) is 37.5 Å². The minimum Gasteiger partial charge on any atom is -0.381 e. The molecule has 1 aromatic rings. The molecule has 1 atom stereocenters. The van der Waals surface area contributed by atoms with Crippen molar-refractivity contribution in [3.05, 3.63) is 34.3 Å². The lowest BCUT2D eigenvalue weighted by Crippen LogP contribution is -2.46. The topological polar surface area (TPSA) is 82.4 Å². The minimum atomic E-state index is -0.540. The highest BCUT2D eigenvalue weighted by Crippen LogP contribution is 2.23. The van der Waals surface area contributed by atoms with Gasteiger partial charge in [0.2, 0.25) is 5.91 Å². The molecule has 2 fully saturated rings. The van der Waals surface area contributed by atoms with Crippen molar-refractivity contribution in [3.63, 3.8) is 0 Å². The Kier molecular flexibility index (Phi) is 5.03. The van der Waals surface area contributed by atoms with Gasteiger partial charge in [0, 0.05) is 25.8 Å². The van der Waals surface area contributed by atoms with E-state index in [1.54, 1.807) is 6.07 Å². The number of nitrogens with one attached hydrogen (secondary N) is 1. The first-order valence-corrected chi connectivity index (χ1v) is 8.36. The molecule has 2 aliphatic rings. The van der Waals surface area contributed by atoms with E-state index in [0.29, 0.717) is 31.7 Å². The van der Waals surface area contributed by atoms with E-state index in [1.807, 2.05) is 11.0 Å². The van der Waals surface area contributed by atoms with Gasteiger partial charge < -0.3 is 15.0 Å². The highest BCUT2D eigenvalue weighted by atomic mass is 35.5. The number of benzene rings is 1. The molecule has 2 amide bonds. The summed E-state index contributed by atoms with van der Waals surface area (Å²) < 4.78 is 5.33. The minimum absolute atomic E-state index is 0.0530. The first-order valence-electron chi connectivity index (χ1n) is 7.99. The first kappa shape index (κ1) is 16.7. The van der Waals surface area contributed by atoms with Crippen LogP contribution in [0.1, 0.15) is 35.2 Å². The van der Waals surface area contributed by atoms with E-state index >= 15 is 0 Å². The number of ether oxygens (including phenoxy) is 1. The molecular formula is C17H18ClN3O3. The number of likely N-dealkylation sites (tertiary alicyclic amines) is 1. The van der Waals surface area contributed by atoms with Crippen molar-refractivity contribution in [1.82, 2.24) is 10.2 Å². The van der Waals surface area contributed by atoms with Crippen LogP contribution in [0.3, 0.4) is 0 Å². The Morgan fingerprint density at radius 1 is 1.33 bits per heavy atom. The van der Waals surface area contributed by atoms with Crippen LogP contribution in [-0.2, 0) is 9.53 Å². The molecule has 6 nitrogen and oxygen atoms in total. The third-order valence-corrected chi connectivity index (χ3v) is 4.85. The van der Waals surface area contributed by atoms with Gasteiger partial charge in [0.05, 0.1) is 22.2 Å². The summed E-state index contributed by atoms with van der Waals surface area (Å²) >= 11 is 6.04. The Hall–Kier alpha value is -2.10. The third kappa shape index (κ3) is 3.37. The highest BCUT2D eigenvalue weighted by molar-refractivity contribution is 6.33. The second kappa shape index (κ2) is 7.20. The van der Waals surface area contributed by atoms with Gasteiger partial charge in [-0.25, -0.2) is 0 Å². The molecule has 0 spiro atoms. The predicted octanol–water partition coefficient (Wildman–Crippen LogP) is 1.72. The van der Waals surface area contributed by atoms with E-state index < -0.39 is 11.9 Å². The second-order valence-corrected chi connectivity index (χ2v) is 6.40. The van der Waals surface area contributed by atoms with E-state index in [2.05, 4.69) is 5.32 Å². The monoisotopic (exact) mass is 347 g/mol. The summed E-state index contributed by atoms with van der Waals surface area (Å²) in [6, 6.07) is 6.13. The lowest BCUT2D eigenvalue weighted by Gasteiger charge is -2.31. The molecule has 1 N–H and O–H groups in total. The van der Waals surface area contributed by atoms with E-state index in [9.17, 15) is 9.59 Å². The van der Waals surface area contributed by atoms with Crippen LogP contribution in [0.2, 0.25) is 5.02 Å². The lowest BCUT2D eigenvalue weighted by molar-refractivity contribution is -0.132. The van der Waals surface area contributed by atoms with Crippen LogP contribution in [0.15, 0.2) is 18.2 Å². The molecule has 0 bridgehead atoms. The lowest BCUT2D eigenvalue weighted by atomic mass is 10.1. The van der Waals surface area contributed by atoms with Crippen LogP contribution >= 0.6 is 11.6 Å². The molecule has 1 unspecified atom stereocenters. The number of hydrogen-bond acceptors (Lipinski definition) is 4. The predicted molar refractivity (Wildman–Crippen MR) is 87.6 cm³/mol. The van der Waals surface area contributed by atoms with Crippen molar-refractivity contribution in [1.29, 1.82) is 5.26 Å². The number of halogens is 1. The van der Waals surface area contributed by atoms with Crippen LogP contribution in [0.4, 0.5) is 0 Å². The van der Waals surface area contributed by atoms with E-state index in [0.717, 1.165) is 12.8 Å². The molecule has 0 saturated carbocycles. The number of carbonyl (C=O) groups is 2. The second-order valence-electron chi connectivity index (χ2n) is 6.00. The molecule has 3 rings (SSSR count). The molecule has 7 heteroatoms. The van der Waals surface area contributed by atoms with Crippen LogP contribution in [0.25, 0.3) is 0 Å². The summed E-state index contributed by atoms with van der Waals surface area (Å²) in [4.78, 5) is 26.8. The number of amides is 2. The van der Waals surface area contributed by atoms with Gasteiger partial charge in [-0.15, -0.1) is 0 Å². The Bertz CT molecular complexity index is 695. The van der Waals surface area contributed by atoms with Crippen LogP contribution < -0.4 is 5.32 Å². The highest BCUT2D eigenvalue weighted by Gasteiger charge is 2.37. The summed E-state index contributed by atoms with van der Waals surface area (Å²) in [7, 11) is 0. The summed E-state index contributed by atoms with van der Waals surface area (Å²) in [5, 5.41) is 12.0. The Balaban J connectivity index is 1.67. The number of nitriles is 1. The zero-order chi connectivity index (χ0) is 17.1. The smallest absolute Gasteiger partial charge is 0.253 e. The van der Waals surface area contributed by atoms with Crippen molar-refractivity contribution in [3.8, 4) is 6.07 Å². The first-order chi connectivity index (χ1) is 11.6. The van der Waals surface area contributed by atoms with Gasteiger partial charge >= 0.3 is 0 Å². The molecular weight excluding hydrogens is 330 g/mol. The number of nitrogens with zero attached hydrogens (tertiary/aromatic N) is 2. The summed E-state index contributed by atoms with van der Waals surface area (Å²) in [6.45, 7) is 1.98. The molecule has 126 valence electrons. The maximum atomic E-state index is 12.6. The maximum absolute atomic E-state index is 12.6. The largest absolute Gasteiger partial charge is 0.381 e. The fourth-order valence-electron chi connectivity index (χ4n) is 3.20. The molecule has 2 saturated heterocycles. The van der Waals surface area contributed by atoms with Gasteiger partial charge in [-0.2, -0.15) is 5.26 Å². The summed E-state index contributed by atoms with van der Waals surface area (Å²) in [5.41, 5.74) is 0.569. The van der Waals surface area contributed by atoms with Gasteiger partial charge in [0.1, 0.15) is 6.04 Å². The van der Waals surface area contributed by atoms with Gasteiger partial charge in [0.25, 0.3) is 5.91 Å². The standard InChI is InChI=1S/C17H18ClN3O3/c18-14-2-1-11(10-19)9-13(14)16(22)20-15-3-6-21(17(15)23)12-4-7-24-8-5-12/h1-2,9,12,15H,3-8H2,(H,20,22). The number of rotatable bonds is 3. The van der Waals surface area contributed by atoms with Crippen LogP contribution in [0.5, 0.6) is 0 Å². The van der Waals surface area contributed by atoms with Crippen LogP contribution in [0, 0.1) is 11.3 Å². The van der Waals surface area contributed by atoms with E-state index in [1.165, 1.54) is 12.1 Å². The third-order valence-electron chi connectivity index (χ3n) is 4.52. The Morgan fingerprint density at radius 3 is 2.79 bits per heavy atom. The molecule has 2 aliphatic heterocycles. The zero-order valence-corrected chi connectivity index (χ0v) is 13.9. The van der Waals surface area contributed by atoms with Crippen molar-refractivity contribution in [2.75, 3.05) is 19.8 Å². The average molecular weight is 348 g/mol. The summed E-state index contributed by atoms with van der Waals surface area (Å²) in [6.07, 6.45) is 2.25. The molecule has 0 aliphatic carbocycles. The SMILES string of the molecule is N#Cc1ccc(Cl)c(C(=O)NC2CCN(C3CCOCC3)C2=O)c1. The number of carbonyl (C=O) groups excluding carboxylic acids is 2. The quantitative estimate of drug-likeness (QED) is 0.902. The van der Waals surface area contributed by atoms with Crippen molar-refractivity contribution < 1.29 is 14.3 Å². The van der Waals surface area contributed by atoms with Crippen molar-refractivity contribution in [2.45, 2.75) is 31.3 Å². The van der Waals surface area contributed by atoms with Gasteiger partial charge in [-0.3, -0.25) is 9.59 Å². The fraction of sp³-hybridized carbons (Fsp3) is 0.471. The average Bonchev–Trinajstić information content (AvgIpc) is 2.96. The number of hydrogen-bond donors (Lipinski definition) is 1. The summed E-state index contributed by atoms with van der Waals surface area (Å²) in [5.74, 6) is -0.480. The molecule has 2 heterocycles. The van der Waals surface area contributed by atoms with Crippen molar-refractivity contribution >= 4 is 23.4 Å².